The number of benzene rings is 2. The van der Waals surface area contributed by atoms with Gasteiger partial charge in [-0.1, -0.05) is 35.9 Å². The fourth-order valence-electron chi connectivity index (χ4n) is 2.27. The monoisotopic (exact) mass is 286 g/mol. The molecule has 1 aromatic heterocycles. The van der Waals surface area contributed by atoms with Crippen LogP contribution in [0.1, 0.15) is 5.56 Å². The predicted molar refractivity (Wildman–Crippen MR) is 79.1 cm³/mol. The maximum Gasteiger partial charge on any atom is 0.269 e. The van der Waals surface area contributed by atoms with Crippen LogP contribution in [0.5, 0.6) is 0 Å². The summed E-state index contributed by atoms with van der Waals surface area (Å²) in [6, 6.07) is 14.4. The summed E-state index contributed by atoms with van der Waals surface area (Å²) in [6.07, 6.45) is 1.97. The average molecular weight is 287 g/mol. The fourth-order valence-corrected chi connectivity index (χ4v) is 2.56. The molecule has 2 aromatic carbocycles. The molecule has 0 spiro atoms. The van der Waals surface area contributed by atoms with Crippen LogP contribution < -0.4 is 0 Å². The van der Waals surface area contributed by atoms with Crippen molar-refractivity contribution < 1.29 is 4.92 Å². The highest BCUT2D eigenvalue weighted by molar-refractivity contribution is 6.35. The SMILES string of the molecule is O=[N+]([O-])c1ccc(Cn2ccc3cccc(Cl)c32)cc1. The first kappa shape index (κ1) is 12.7. The largest absolute Gasteiger partial charge is 0.342 e. The number of halogens is 1. The lowest BCUT2D eigenvalue weighted by Gasteiger charge is -2.07. The van der Waals surface area contributed by atoms with E-state index in [4.69, 9.17) is 11.6 Å². The lowest BCUT2D eigenvalue weighted by Crippen LogP contribution is -1.98. The van der Waals surface area contributed by atoms with Gasteiger partial charge in [-0.25, -0.2) is 0 Å². The molecule has 3 rings (SSSR count). The smallest absolute Gasteiger partial charge is 0.269 e. The molecule has 100 valence electrons. The molecule has 0 radical (unpaired) electrons. The Balaban J connectivity index is 1.95. The highest BCUT2D eigenvalue weighted by Gasteiger charge is 2.07. The van der Waals surface area contributed by atoms with Crippen molar-refractivity contribution in [1.82, 2.24) is 4.57 Å². The van der Waals surface area contributed by atoms with Crippen LogP contribution in [0, 0.1) is 10.1 Å². The molecule has 0 amide bonds. The second-order valence-corrected chi connectivity index (χ2v) is 4.95. The number of nitro benzene ring substituents is 1. The van der Waals surface area contributed by atoms with Gasteiger partial charge >= 0.3 is 0 Å². The van der Waals surface area contributed by atoms with Crippen molar-refractivity contribution in [2.45, 2.75) is 6.54 Å². The molecule has 0 bridgehead atoms. The van der Waals surface area contributed by atoms with E-state index < -0.39 is 4.92 Å². The normalized spacial score (nSPS) is 10.8. The minimum absolute atomic E-state index is 0.101. The van der Waals surface area contributed by atoms with Gasteiger partial charge < -0.3 is 4.57 Å². The molecule has 0 fully saturated rings. The Morgan fingerprint density at radius 1 is 1.10 bits per heavy atom. The molecule has 0 aliphatic heterocycles. The number of aromatic nitrogens is 1. The van der Waals surface area contributed by atoms with Crippen LogP contribution in [0.15, 0.2) is 54.7 Å². The number of nitrogens with zero attached hydrogens (tertiary/aromatic N) is 2. The van der Waals surface area contributed by atoms with Gasteiger partial charge in [-0.15, -0.1) is 0 Å². The molecule has 4 nitrogen and oxygen atoms in total. The Bertz CT molecular complexity index is 778. The van der Waals surface area contributed by atoms with Crippen LogP contribution in [0.2, 0.25) is 5.02 Å². The molecule has 0 saturated carbocycles. The summed E-state index contributed by atoms with van der Waals surface area (Å²) >= 11 is 6.23. The first-order valence-electron chi connectivity index (χ1n) is 6.12. The Hall–Kier alpha value is -2.33. The van der Waals surface area contributed by atoms with Crippen molar-refractivity contribution in [3.05, 3.63) is 75.4 Å². The van der Waals surface area contributed by atoms with Gasteiger partial charge in [0.2, 0.25) is 0 Å². The van der Waals surface area contributed by atoms with E-state index in [9.17, 15) is 10.1 Å². The lowest BCUT2D eigenvalue weighted by atomic mass is 10.2. The number of hydrogen-bond donors (Lipinski definition) is 0. The summed E-state index contributed by atoms with van der Waals surface area (Å²) in [7, 11) is 0. The van der Waals surface area contributed by atoms with Crippen LogP contribution in [-0.2, 0) is 6.54 Å². The number of fused-ring (bicyclic) bond motifs is 1. The molecule has 1 heterocycles. The van der Waals surface area contributed by atoms with Crippen molar-refractivity contribution in [1.29, 1.82) is 0 Å². The van der Waals surface area contributed by atoms with Crippen LogP contribution in [0.4, 0.5) is 5.69 Å². The molecule has 5 heteroatoms. The van der Waals surface area contributed by atoms with Gasteiger partial charge in [0, 0.05) is 30.3 Å². The fraction of sp³-hybridized carbons (Fsp3) is 0.0667. The van der Waals surface area contributed by atoms with E-state index in [2.05, 4.69) is 0 Å². The van der Waals surface area contributed by atoms with Crippen molar-refractivity contribution in [3.63, 3.8) is 0 Å². The molecular formula is C15H11ClN2O2. The van der Waals surface area contributed by atoms with Crippen molar-refractivity contribution in [3.8, 4) is 0 Å². The van der Waals surface area contributed by atoms with E-state index in [1.54, 1.807) is 12.1 Å². The third-order valence-corrected chi connectivity index (χ3v) is 3.54. The first-order chi connectivity index (χ1) is 9.65. The van der Waals surface area contributed by atoms with E-state index in [0.717, 1.165) is 16.5 Å². The summed E-state index contributed by atoms with van der Waals surface area (Å²) in [5.41, 5.74) is 2.07. The van der Waals surface area contributed by atoms with Crippen LogP contribution in [-0.4, -0.2) is 9.49 Å². The minimum atomic E-state index is -0.397. The molecule has 0 atom stereocenters. The van der Waals surface area contributed by atoms with Crippen molar-refractivity contribution >= 4 is 28.2 Å². The van der Waals surface area contributed by atoms with E-state index in [1.165, 1.54) is 12.1 Å². The van der Waals surface area contributed by atoms with Crippen LogP contribution in [0.3, 0.4) is 0 Å². The van der Waals surface area contributed by atoms with Gasteiger partial charge in [0.1, 0.15) is 0 Å². The molecule has 20 heavy (non-hydrogen) atoms. The average Bonchev–Trinajstić information content (AvgIpc) is 2.84. The van der Waals surface area contributed by atoms with Crippen molar-refractivity contribution in [2.75, 3.05) is 0 Å². The van der Waals surface area contributed by atoms with Gasteiger partial charge in [-0.2, -0.15) is 0 Å². The summed E-state index contributed by atoms with van der Waals surface area (Å²) in [4.78, 5) is 10.2. The first-order valence-corrected chi connectivity index (χ1v) is 6.49. The molecule has 0 aliphatic carbocycles. The van der Waals surface area contributed by atoms with Gasteiger partial charge in [0.25, 0.3) is 5.69 Å². The summed E-state index contributed by atoms with van der Waals surface area (Å²) in [6.45, 7) is 0.630. The van der Waals surface area contributed by atoms with Crippen molar-refractivity contribution in [2.24, 2.45) is 0 Å². The number of hydrogen-bond acceptors (Lipinski definition) is 2. The number of non-ortho nitro benzene ring substituents is 1. The molecule has 0 saturated heterocycles. The number of rotatable bonds is 3. The van der Waals surface area contributed by atoms with Gasteiger partial charge in [-0.05, 0) is 17.7 Å². The Morgan fingerprint density at radius 3 is 2.55 bits per heavy atom. The third kappa shape index (κ3) is 2.26. The van der Waals surface area contributed by atoms with E-state index in [-0.39, 0.29) is 5.69 Å². The Morgan fingerprint density at radius 2 is 1.85 bits per heavy atom. The summed E-state index contributed by atoms with van der Waals surface area (Å²) in [5, 5.41) is 12.4. The molecule has 0 N–H and O–H groups in total. The molecule has 0 unspecified atom stereocenters. The zero-order chi connectivity index (χ0) is 14.1. The zero-order valence-corrected chi connectivity index (χ0v) is 11.2. The maximum absolute atomic E-state index is 10.6. The second-order valence-electron chi connectivity index (χ2n) is 4.54. The summed E-state index contributed by atoms with van der Waals surface area (Å²) in [5.74, 6) is 0. The zero-order valence-electron chi connectivity index (χ0n) is 10.5. The molecule has 3 aromatic rings. The van der Waals surface area contributed by atoms with E-state index in [1.807, 2.05) is 35.0 Å². The van der Waals surface area contributed by atoms with E-state index in [0.29, 0.717) is 11.6 Å². The van der Waals surface area contributed by atoms with Gasteiger partial charge in [0.05, 0.1) is 15.5 Å². The standard InChI is InChI=1S/C15H11ClN2O2/c16-14-3-1-2-12-8-9-17(15(12)14)10-11-4-6-13(7-5-11)18(19)20/h1-9H,10H2. The quantitative estimate of drug-likeness (QED) is 0.534. The highest BCUT2D eigenvalue weighted by atomic mass is 35.5. The van der Waals surface area contributed by atoms with E-state index >= 15 is 0 Å². The maximum atomic E-state index is 10.6. The topological polar surface area (TPSA) is 48.1 Å². The lowest BCUT2D eigenvalue weighted by molar-refractivity contribution is -0.384. The predicted octanol–water partition coefficient (Wildman–Crippen LogP) is 4.25. The highest BCUT2D eigenvalue weighted by Crippen LogP contribution is 2.25. The Kier molecular flexibility index (Phi) is 3.16. The third-order valence-electron chi connectivity index (χ3n) is 3.24. The minimum Gasteiger partial charge on any atom is -0.342 e. The molecule has 0 aliphatic rings. The molecular weight excluding hydrogens is 276 g/mol. The van der Waals surface area contributed by atoms with Crippen LogP contribution >= 0.6 is 11.6 Å². The van der Waals surface area contributed by atoms with Crippen LogP contribution in [0.25, 0.3) is 10.9 Å². The number of nitro groups is 1. The Labute approximate surface area is 120 Å². The summed E-state index contributed by atoms with van der Waals surface area (Å²) < 4.78 is 2.04. The van der Waals surface area contributed by atoms with Gasteiger partial charge in [0.15, 0.2) is 0 Å². The number of para-hydroxylation sites is 1. The van der Waals surface area contributed by atoms with Gasteiger partial charge in [-0.3, -0.25) is 10.1 Å². The second kappa shape index (κ2) is 4.98.